The number of alkyl halides is 3. The number of nitrogens with zero attached hydrogens (tertiary/aromatic N) is 1. The third-order valence-electron chi connectivity index (χ3n) is 3.49. The fourth-order valence-electron chi connectivity index (χ4n) is 2.50. The number of hydrogen-bond acceptors (Lipinski definition) is 3. The van der Waals surface area contributed by atoms with Gasteiger partial charge >= 0.3 is 6.18 Å². The SMILES string of the molecule is FC(F)(F)COCCCN1CCNC(c2ccccc2)C1. The van der Waals surface area contributed by atoms with Crippen molar-refractivity contribution < 1.29 is 17.9 Å². The minimum Gasteiger partial charge on any atom is -0.372 e. The Bertz CT molecular complexity index is 411. The average molecular weight is 302 g/mol. The largest absolute Gasteiger partial charge is 0.411 e. The van der Waals surface area contributed by atoms with E-state index in [0.717, 1.165) is 26.2 Å². The molecule has 0 spiro atoms. The number of halogens is 3. The highest BCUT2D eigenvalue weighted by atomic mass is 19.4. The molecule has 1 atom stereocenters. The monoisotopic (exact) mass is 302 g/mol. The molecule has 0 amide bonds. The Morgan fingerprint density at radius 1 is 1.24 bits per heavy atom. The van der Waals surface area contributed by atoms with E-state index in [1.807, 2.05) is 18.2 Å². The minimum atomic E-state index is -4.23. The van der Waals surface area contributed by atoms with Gasteiger partial charge in [0.05, 0.1) is 0 Å². The number of ether oxygens (including phenoxy) is 1. The highest BCUT2D eigenvalue weighted by Gasteiger charge is 2.27. The fraction of sp³-hybridized carbons (Fsp3) is 0.600. The van der Waals surface area contributed by atoms with Crippen LogP contribution >= 0.6 is 0 Å². The summed E-state index contributed by atoms with van der Waals surface area (Å²) in [4.78, 5) is 2.27. The molecule has 0 radical (unpaired) electrons. The summed E-state index contributed by atoms with van der Waals surface area (Å²) in [6.45, 7) is 2.46. The number of rotatable bonds is 6. The van der Waals surface area contributed by atoms with Gasteiger partial charge in [0.2, 0.25) is 0 Å². The van der Waals surface area contributed by atoms with Crippen LogP contribution in [0.3, 0.4) is 0 Å². The predicted octanol–water partition coefficient (Wildman–Crippen LogP) is 2.60. The van der Waals surface area contributed by atoms with Crippen molar-refractivity contribution >= 4 is 0 Å². The quantitative estimate of drug-likeness (QED) is 0.818. The molecular formula is C15H21F3N2O. The van der Waals surface area contributed by atoms with E-state index in [4.69, 9.17) is 0 Å². The maximum absolute atomic E-state index is 11.9. The summed E-state index contributed by atoms with van der Waals surface area (Å²) < 4.78 is 40.4. The first-order valence-electron chi connectivity index (χ1n) is 7.20. The van der Waals surface area contributed by atoms with Gasteiger partial charge in [-0.15, -0.1) is 0 Å². The zero-order chi connectivity index (χ0) is 15.1. The van der Waals surface area contributed by atoms with E-state index in [1.165, 1.54) is 5.56 Å². The molecule has 0 saturated carbocycles. The lowest BCUT2D eigenvalue weighted by atomic mass is 10.0. The van der Waals surface area contributed by atoms with Gasteiger partial charge in [0.15, 0.2) is 0 Å². The average Bonchev–Trinajstić information content (AvgIpc) is 2.47. The van der Waals surface area contributed by atoms with Crippen LogP contribution in [0.15, 0.2) is 30.3 Å². The van der Waals surface area contributed by atoms with E-state index in [-0.39, 0.29) is 12.6 Å². The summed E-state index contributed by atoms with van der Waals surface area (Å²) >= 11 is 0. The Morgan fingerprint density at radius 2 is 2.00 bits per heavy atom. The molecule has 0 aromatic heterocycles. The van der Waals surface area contributed by atoms with Crippen molar-refractivity contribution in [3.8, 4) is 0 Å². The highest BCUT2D eigenvalue weighted by molar-refractivity contribution is 5.19. The topological polar surface area (TPSA) is 24.5 Å². The highest BCUT2D eigenvalue weighted by Crippen LogP contribution is 2.17. The van der Waals surface area contributed by atoms with Crippen molar-refractivity contribution in [2.75, 3.05) is 39.4 Å². The minimum absolute atomic E-state index is 0.152. The number of piperazine rings is 1. The number of nitrogens with one attached hydrogen (secondary N) is 1. The molecule has 1 unspecified atom stereocenters. The molecule has 118 valence electrons. The molecule has 0 bridgehead atoms. The molecule has 0 aliphatic carbocycles. The first kappa shape index (κ1) is 16.3. The molecule has 21 heavy (non-hydrogen) atoms. The smallest absolute Gasteiger partial charge is 0.372 e. The van der Waals surface area contributed by atoms with Crippen LogP contribution in [0.4, 0.5) is 13.2 Å². The van der Waals surface area contributed by atoms with Crippen LogP contribution in [0.5, 0.6) is 0 Å². The first-order chi connectivity index (χ1) is 10.0. The van der Waals surface area contributed by atoms with E-state index < -0.39 is 12.8 Å². The van der Waals surface area contributed by atoms with Crippen LogP contribution in [-0.4, -0.2) is 50.5 Å². The van der Waals surface area contributed by atoms with Gasteiger partial charge < -0.3 is 15.0 Å². The third kappa shape index (κ3) is 6.03. The van der Waals surface area contributed by atoms with Crippen LogP contribution in [0.2, 0.25) is 0 Å². The van der Waals surface area contributed by atoms with Gasteiger partial charge in [-0.2, -0.15) is 13.2 Å². The predicted molar refractivity (Wildman–Crippen MR) is 75.1 cm³/mol. The van der Waals surface area contributed by atoms with Crippen LogP contribution in [0.25, 0.3) is 0 Å². The summed E-state index contributed by atoms with van der Waals surface area (Å²) in [7, 11) is 0. The Kier molecular flexibility index (Phi) is 6.02. The van der Waals surface area contributed by atoms with Crippen LogP contribution in [0, 0.1) is 0 Å². The zero-order valence-electron chi connectivity index (χ0n) is 11.9. The standard InChI is InChI=1S/C15H21F3N2O/c16-15(17,18)12-21-10-4-8-20-9-7-19-14(11-20)13-5-2-1-3-6-13/h1-3,5-6,14,19H,4,7-12H2. The van der Waals surface area contributed by atoms with Crippen LogP contribution in [-0.2, 0) is 4.74 Å². The van der Waals surface area contributed by atoms with Crippen molar-refractivity contribution in [2.24, 2.45) is 0 Å². The first-order valence-corrected chi connectivity index (χ1v) is 7.20. The summed E-state index contributed by atoms with van der Waals surface area (Å²) in [5, 5.41) is 3.47. The summed E-state index contributed by atoms with van der Waals surface area (Å²) in [5.41, 5.74) is 1.25. The molecule has 1 heterocycles. The molecule has 1 aromatic carbocycles. The van der Waals surface area contributed by atoms with Gasteiger partial charge in [-0.05, 0) is 12.0 Å². The maximum Gasteiger partial charge on any atom is 0.411 e. The van der Waals surface area contributed by atoms with Crippen LogP contribution < -0.4 is 5.32 Å². The van der Waals surface area contributed by atoms with Crippen LogP contribution in [0.1, 0.15) is 18.0 Å². The van der Waals surface area contributed by atoms with Gasteiger partial charge in [-0.25, -0.2) is 0 Å². The second-order valence-corrected chi connectivity index (χ2v) is 5.24. The molecular weight excluding hydrogens is 281 g/mol. The Morgan fingerprint density at radius 3 is 2.71 bits per heavy atom. The van der Waals surface area contributed by atoms with Gasteiger partial charge in [-0.1, -0.05) is 30.3 Å². The van der Waals surface area contributed by atoms with E-state index >= 15 is 0 Å². The van der Waals surface area contributed by atoms with Crippen molar-refractivity contribution in [3.63, 3.8) is 0 Å². The van der Waals surface area contributed by atoms with E-state index in [9.17, 15) is 13.2 Å². The number of hydrogen-bond donors (Lipinski definition) is 1. The number of benzene rings is 1. The van der Waals surface area contributed by atoms with Crippen molar-refractivity contribution in [3.05, 3.63) is 35.9 Å². The Hall–Kier alpha value is -1.11. The lowest BCUT2D eigenvalue weighted by molar-refractivity contribution is -0.174. The van der Waals surface area contributed by atoms with E-state index in [1.54, 1.807) is 0 Å². The molecule has 1 fully saturated rings. The second kappa shape index (κ2) is 7.77. The Balaban J connectivity index is 1.68. The Labute approximate surface area is 123 Å². The van der Waals surface area contributed by atoms with Crippen molar-refractivity contribution in [1.82, 2.24) is 10.2 Å². The normalized spacial score (nSPS) is 20.6. The van der Waals surface area contributed by atoms with Crippen molar-refractivity contribution in [1.29, 1.82) is 0 Å². The summed E-state index contributed by atoms with van der Waals surface area (Å²) in [5.74, 6) is 0. The fourth-order valence-corrected chi connectivity index (χ4v) is 2.50. The summed E-state index contributed by atoms with van der Waals surface area (Å²) in [6, 6.07) is 10.5. The van der Waals surface area contributed by atoms with Gasteiger partial charge in [0.25, 0.3) is 0 Å². The zero-order valence-corrected chi connectivity index (χ0v) is 11.9. The molecule has 2 rings (SSSR count). The maximum atomic E-state index is 11.9. The van der Waals surface area contributed by atoms with E-state index in [2.05, 4.69) is 27.1 Å². The van der Waals surface area contributed by atoms with Gasteiger partial charge in [-0.3, -0.25) is 0 Å². The lowest BCUT2D eigenvalue weighted by Gasteiger charge is -2.34. The van der Waals surface area contributed by atoms with Gasteiger partial charge in [0.1, 0.15) is 6.61 Å². The second-order valence-electron chi connectivity index (χ2n) is 5.24. The molecule has 6 heteroatoms. The molecule has 1 aliphatic rings. The van der Waals surface area contributed by atoms with Crippen molar-refractivity contribution in [2.45, 2.75) is 18.6 Å². The summed E-state index contributed by atoms with van der Waals surface area (Å²) in [6.07, 6.45) is -3.61. The molecule has 3 nitrogen and oxygen atoms in total. The molecule has 1 aliphatic heterocycles. The third-order valence-corrected chi connectivity index (χ3v) is 3.49. The lowest BCUT2D eigenvalue weighted by Crippen LogP contribution is -2.46. The molecule has 1 saturated heterocycles. The van der Waals surface area contributed by atoms with E-state index in [0.29, 0.717) is 6.42 Å². The van der Waals surface area contributed by atoms with Gasteiger partial charge in [0, 0.05) is 38.8 Å². The molecule has 1 N–H and O–H groups in total. The molecule has 1 aromatic rings.